The molecule has 1 aliphatic carbocycles. The molecule has 1 aromatic rings. The lowest BCUT2D eigenvalue weighted by molar-refractivity contribution is 0.216. The predicted octanol–water partition coefficient (Wildman–Crippen LogP) is 3.39. The van der Waals surface area contributed by atoms with E-state index in [1.807, 2.05) is 6.07 Å². The van der Waals surface area contributed by atoms with E-state index in [1.165, 1.54) is 36.9 Å². The molecule has 1 heterocycles. The van der Waals surface area contributed by atoms with Gasteiger partial charge in [-0.1, -0.05) is 17.7 Å². The van der Waals surface area contributed by atoms with Crippen molar-refractivity contribution in [2.75, 3.05) is 20.1 Å². The topological polar surface area (TPSA) is 15.3 Å². The zero-order valence-corrected chi connectivity index (χ0v) is 12.6. The van der Waals surface area contributed by atoms with E-state index < -0.39 is 0 Å². The first-order valence-electron chi connectivity index (χ1n) is 7.37. The Labute approximate surface area is 121 Å². The maximum atomic E-state index is 6.11. The van der Waals surface area contributed by atoms with Crippen molar-refractivity contribution in [3.05, 3.63) is 34.3 Å². The van der Waals surface area contributed by atoms with Crippen molar-refractivity contribution in [2.24, 2.45) is 5.92 Å². The third-order valence-electron chi connectivity index (χ3n) is 4.59. The van der Waals surface area contributed by atoms with Gasteiger partial charge in [0.25, 0.3) is 0 Å². The normalized spacial score (nSPS) is 27.9. The Balaban J connectivity index is 1.91. The highest BCUT2D eigenvalue weighted by atomic mass is 35.5. The van der Waals surface area contributed by atoms with E-state index >= 15 is 0 Å². The van der Waals surface area contributed by atoms with Gasteiger partial charge in [0.05, 0.1) is 0 Å². The molecule has 1 saturated carbocycles. The van der Waals surface area contributed by atoms with Crippen LogP contribution in [0, 0.1) is 12.8 Å². The van der Waals surface area contributed by atoms with Gasteiger partial charge in [-0.2, -0.15) is 0 Å². The minimum Gasteiger partial charge on any atom is -0.319 e. The zero-order valence-electron chi connectivity index (χ0n) is 11.8. The number of halogens is 1. The molecular weight excluding hydrogens is 256 g/mol. The fraction of sp³-hybridized carbons (Fsp3) is 0.625. The van der Waals surface area contributed by atoms with Crippen LogP contribution in [-0.2, 0) is 0 Å². The van der Waals surface area contributed by atoms with Crippen molar-refractivity contribution < 1.29 is 0 Å². The molecule has 2 atom stereocenters. The molecule has 0 radical (unpaired) electrons. The van der Waals surface area contributed by atoms with Crippen molar-refractivity contribution in [2.45, 2.75) is 38.3 Å². The van der Waals surface area contributed by atoms with Gasteiger partial charge in [0, 0.05) is 17.1 Å². The molecule has 0 bridgehead atoms. The van der Waals surface area contributed by atoms with E-state index in [4.69, 9.17) is 11.6 Å². The second kappa shape index (κ2) is 5.43. The summed E-state index contributed by atoms with van der Waals surface area (Å²) >= 11 is 6.11. The number of benzene rings is 1. The molecule has 104 valence electrons. The second-order valence-corrected chi connectivity index (χ2v) is 6.46. The van der Waals surface area contributed by atoms with Gasteiger partial charge in [-0.25, -0.2) is 0 Å². The lowest BCUT2D eigenvalue weighted by Crippen LogP contribution is -2.31. The van der Waals surface area contributed by atoms with E-state index in [-0.39, 0.29) is 0 Å². The molecule has 1 saturated heterocycles. The maximum absolute atomic E-state index is 6.11. The van der Waals surface area contributed by atoms with Gasteiger partial charge in [0.1, 0.15) is 0 Å². The van der Waals surface area contributed by atoms with Crippen LogP contribution in [0.4, 0.5) is 0 Å². The summed E-state index contributed by atoms with van der Waals surface area (Å²) in [5.74, 6) is 0.727. The SMILES string of the molecule is CNCC1CCN(C2CC2)C1c1ccc(Cl)cc1C. The third-order valence-corrected chi connectivity index (χ3v) is 4.83. The molecule has 3 rings (SSSR count). The van der Waals surface area contributed by atoms with Crippen LogP contribution in [0.25, 0.3) is 0 Å². The summed E-state index contributed by atoms with van der Waals surface area (Å²) < 4.78 is 0. The molecule has 1 N–H and O–H groups in total. The number of aryl methyl sites for hydroxylation is 1. The summed E-state index contributed by atoms with van der Waals surface area (Å²) in [6.07, 6.45) is 4.08. The van der Waals surface area contributed by atoms with E-state index in [0.717, 1.165) is 23.5 Å². The van der Waals surface area contributed by atoms with Crippen molar-refractivity contribution in [1.29, 1.82) is 0 Å². The Morgan fingerprint density at radius 2 is 2.11 bits per heavy atom. The Bertz CT molecular complexity index is 456. The van der Waals surface area contributed by atoms with Crippen molar-refractivity contribution in [3.8, 4) is 0 Å². The van der Waals surface area contributed by atoms with Crippen molar-refractivity contribution >= 4 is 11.6 Å². The standard InChI is InChI=1S/C16H23ClN2/c1-11-9-13(17)3-6-15(11)16-12(10-18-2)7-8-19(16)14-4-5-14/h3,6,9,12,14,16,18H,4-5,7-8,10H2,1-2H3. The van der Waals surface area contributed by atoms with Gasteiger partial charge >= 0.3 is 0 Å². The first kappa shape index (κ1) is 13.4. The molecule has 19 heavy (non-hydrogen) atoms. The molecule has 0 aromatic heterocycles. The molecule has 2 aliphatic rings. The quantitative estimate of drug-likeness (QED) is 0.908. The van der Waals surface area contributed by atoms with Gasteiger partial charge in [-0.15, -0.1) is 0 Å². The number of nitrogens with zero attached hydrogens (tertiary/aromatic N) is 1. The van der Waals surface area contributed by atoms with Crippen LogP contribution in [-0.4, -0.2) is 31.1 Å². The van der Waals surface area contributed by atoms with Crippen LogP contribution < -0.4 is 5.32 Å². The number of likely N-dealkylation sites (tertiary alicyclic amines) is 1. The van der Waals surface area contributed by atoms with E-state index in [0.29, 0.717) is 6.04 Å². The van der Waals surface area contributed by atoms with Crippen LogP contribution in [0.5, 0.6) is 0 Å². The first-order chi connectivity index (χ1) is 9.20. The Hall–Kier alpha value is -0.570. The summed E-state index contributed by atoms with van der Waals surface area (Å²) in [4.78, 5) is 2.73. The van der Waals surface area contributed by atoms with Crippen LogP contribution in [0.2, 0.25) is 5.02 Å². The smallest absolute Gasteiger partial charge is 0.0408 e. The lowest BCUT2D eigenvalue weighted by Gasteiger charge is -2.30. The van der Waals surface area contributed by atoms with Crippen LogP contribution >= 0.6 is 11.6 Å². The average molecular weight is 279 g/mol. The molecule has 1 aliphatic heterocycles. The van der Waals surface area contributed by atoms with Gasteiger partial charge < -0.3 is 5.32 Å². The summed E-state index contributed by atoms with van der Waals surface area (Å²) in [6.45, 7) is 4.56. The summed E-state index contributed by atoms with van der Waals surface area (Å²) in [5.41, 5.74) is 2.82. The lowest BCUT2D eigenvalue weighted by atomic mass is 9.90. The van der Waals surface area contributed by atoms with Gasteiger partial charge in [-0.05, 0) is 75.5 Å². The largest absolute Gasteiger partial charge is 0.319 e. The summed E-state index contributed by atoms with van der Waals surface area (Å²) in [7, 11) is 2.06. The average Bonchev–Trinajstić information content (AvgIpc) is 3.13. The molecule has 0 spiro atoms. The molecule has 3 heteroatoms. The van der Waals surface area contributed by atoms with E-state index in [9.17, 15) is 0 Å². The predicted molar refractivity (Wildman–Crippen MR) is 80.7 cm³/mol. The van der Waals surface area contributed by atoms with Gasteiger partial charge in [-0.3, -0.25) is 4.90 Å². The molecular formula is C16H23ClN2. The second-order valence-electron chi connectivity index (χ2n) is 6.02. The number of hydrogen-bond donors (Lipinski definition) is 1. The van der Waals surface area contributed by atoms with Gasteiger partial charge in [0.2, 0.25) is 0 Å². The van der Waals surface area contributed by atoms with Crippen LogP contribution in [0.15, 0.2) is 18.2 Å². The summed E-state index contributed by atoms with van der Waals surface area (Å²) in [6, 6.07) is 7.81. The fourth-order valence-electron chi connectivity index (χ4n) is 3.58. The highest BCUT2D eigenvalue weighted by Gasteiger charge is 2.42. The highest BCUT2D eigenvalue weighted by Crippen LogP contribution is 2.44. The number of rotatable bonds is 4. The Kier molecular flexibility index (Phi) is 3.84. The van der Waals surface area contributed by atoms with E-state index in [2.05, 4.69) is 36.3 Å². The fourth-order valence-corrected chi connectivity index (χ4v) is 3.80. The van der Waals surface area contributed by atoms with Crippen molar-refractivity contribution in [1.82, 2.24) is 10.2 Å². The number of nitrogens with one attached hydrogen (secondary N) is 1. The zero-order chi connectivity index (χ0) is 13.4. The Morgan fingerprint density at radius 1 is 1.32 bits per heavy atom. The van der Waals surface area contributed by atoms with Crippen LogP contribution in [0.1, 0.15) is 36.4 Å². The third kappa shape index (κ3) is 2.67. The molecule has 0 amide bonds. The van der Waals surface area contributed by atoms with Crippen LogP contribution in [0.3, 0.4) is 0 Å². The highest BCUT2D eigenvalue weighted by molar-refractivity contribution is 6.30. The first-order valence-corrected chi connectivity index (χ1v) is 7.75. The monoisotopic (exact) mass is 278 g/mol. The minimum absolute atomic E-state index is 0.581. The van der Waals surface area contributed by atoms with E-state index in [1.54, 1.807) is 0 Å². The van der Waals surface area contributed by atoms with Gasteiger partial charge in [0.15, 0.2) is 0 Å². The minimum atomic E-state index is 0.581. The number of hydrogen-bond acceptors (Lipinski definition) is 2. The molecule has 2 unspecified atom stereocenters. The maximum Gasteiger partial charge on any atom is 0.0408 e. The van der Waals surface area contributed by atoms with Crippen molar-refractivity contribution in [3.63, 3.8) is 0 Å². The molecule has 1 aromatic carbocycles. The Morgan fingerprint density at radius 3 is 2.74 bits per heavy atom. The molecule has 2 nitrogen and oxygen atoms in total. The molecule has 2 fully saturated rings. The summed E-state index contributed by atoms with van der Waals surface area (Å²) in [5, 5.41) is 4.22.